The summed E-state index contributed by atoms with van der Waals surface area (Å²) in [6, 6.07) is 6.15. The van der Waals surface area contributed by atoms with Crippen molar-refractivity contribution < 1.29 is 9.84 Å². The minimum absolute atomic E-state index is 0.401. The van der Waals surface area contributed by atoms with Gasteiger partial charge >= 0.3 is 0 Å². The van der Waals surface area contributed by atoms with Crippen molar-refractivity contribution >= 4 is 5.69 Å². The molecule has 0 aliphatic rings. The Morgan fingerprint density at radius 2 is 2.11 bits per heavy atom. The van der Waals surface area contributed by atoms with Crippen molar-refractivity contribution in [2.24, 2.45) is 0 Å². The fourth-order valence-corrected chi connectivity index (χ4v) is 1.70. The Balaban J connectivity index is 2.29. The van der Waals surface area contributed by atoms with E-state index in [1.165, 1.54) is 11.1 Å². The summed E-state index contributed by atoms with van der Waals surface area (Å²) in [6.07, 6.45) is 1.72. The van der Waals surface area contributed by atoms with Crippen LogP contribution >= 0.6 is 0 Å². The van der Waals surface area contributed by atoms with Crippen molar-refractivity contribution in [3.63, 3.8) is 0 Å². The molecule has 0 radical (unpaired) electrons. The second-order valence-corrected chi connectivity index (χ2v) is 4.71. The summed E-state index contributed by atoms with van der Waals surface area (Å²) in [5, 5.41) is 13.0. The lowest BCUT2D eigenvalue weighted by atomic mass is 10.1. The zero-order valence-electron chi connectivity index (χ0n) is 11.7. The van der Waals surface area contributed by atoms with Crippen molar-refractivity contribution in [3.8, 4) is 0 Å². The fraction of sp³-hybridized carbons (Fsp3) is 0.600. The predicted octanol–water partition coefficient (Wildman–Crippen LogP) is 2.89. The van der Waals surface area contributed by atoms with E-state index in [1.807, 2.05) is 12.1 Å². The molecule has 3 heteroatoms. The number of hydrogen-bond acceptors (Lipinski definition) is 3. The smallest absolute Gasteiger partial charge is 0.0945 e. The molecule has 1 unspecified atom stereocenters. The van der Waals surface area contributed by atoms with E-state index < -0.39 is 6.10 Å². The van der Waals surface area contributed by atoms with Crippen LogP contribution in [0.15, 0.2) is 18.2 Å². The number of rotatable bonds is 8. The Bertz CT molecular complexity index is 352. The molecule has 2 N–H and O–H groups in total. The first-order valence-electron chi connectivity index (χ1n) is 6.71. The van der Waals surface area contributed by atoms with Gasteiger partial charge in [-0.1, -0.05) is 25.5 Å². The monoisotopic (exact) mass is 251 g/mol. The molecule has 0 saturated carbocycles. The van der Waals surface area contributed by atoms with E-state index in [0.717, 1.165) is 25.1 Å². The second-order valence-electron chi connectivity index (χ2n) is 4.71. The van der Waals surface area contributed by atoms with E-state index in [-0.39, 0.29) is 0 Å². The van der Waals surface area contributed by atoms with Gasteiger partial charge in [0.15, 0.2) is 0 Å². The first kappa shape index (κ1) is 15.0. The topological polar surface area (TPSA) is 41.5 Å². The standard InChI is InChI=1S/C15H25NO2/c1-4-5-9-18-11-14(17)10-16-15-8-6-7-12(2)13(15)3/h6-8,14,16-17H,4-5,9-11H2,1-3H3. The van der Waals surface area contributed by atoms with Crippen LogP contribution in [0.5, 0.6) is 0 Å². The summed E-state index contributed by atoms with van der Waals surface area (Å²) in [4.78, 5) is 0. The molecule has 0 spiro atoms. The van der Waals surface area contributed by atoms with Gasteiger partial charge in [0.05, 0.1) is 12.7 Å². The lowest BCUT2D eigenvalue weighted by molar-refractivity contribution is 0.0421. The Labute approximate surface area is 110 Å². The highest BCUT2D eigenvalue weighted by atomic mass is 16.5. The number of unbranched alkanes of at least 4 members (excludes halogenated alkanes) is 1. The maximum Gasteiger partial charge on any atom is 0.0945 e. The van der Waals surface area contributed by atoms with Crippen LogP contribution in [0, 0.1) is 13.8 Å². The van der Waals surface area contributed by atoms with Crippen LogP contribution in [0.3, 0.4) is 0 Å². The highest BCUT2D eigenvalue weighted by Crippen LogP contribution is 2.17. The third-order valence-electron chi connectivity index (χ3n) is 3.09. The number of benzene rings is 1. The number of nitrogens with one attached hydrogen (secondary N) is 1. The van der Waals surface area contributed by atoms with Crippen LogP contribution < -0.4 is 5.32 Å². The molecule has 1 atom stereocenters. The lowest BCUT2D eigenvalue weighted by Gasteiger charge is -2.15. The first-order valence-corrected chi connectivity index (χ1v) is 6.71. The minimum Gasteiger partial charge on any atom is -0.389 e. The van der Waals surface area contributed by atoms with Gasteiger partial charge in [-0.15, -0.1) is 0 Å². The molecule has 0 aliphatic carbocycles. The molecular weight excluding hydrogens is 226 g/mol. The maximum absolute atomic E-state index is 9.78. The molecule has 1 rings (SSSR count). The normalized spacial score (nSPS) is 12.4. The number of anilines is 1. The van der Waals surface area contributed by atoms with Crippen molar-refractivity contribution in [2.75, 3.05) is 25.1 Å². The average Bonchev–Trinajstić information content (AvgIpc) is 2.36. The van der Waals surface area contributed by atoms with E-state index in [1.54, 1.807) is 0 Å². The number of aryl methyl sites for hydroxylation is 1. The average molecular weight is 251 g/mol. The van der Waals surface area contributed by atoms with Crippen LogP contribution in [0.2, 0.25) is 0 Å². The third-order valence-corrected chi connectivity index (χ3v) is 3.09. The molecular formula is C15H25NO2. The Kier molecular flexibility index (Phi) is 6.76. The van der Waals surface area contributed by atoms with Crippen LogP contribution in [-0.2, 0) is 4.74 Å². The molecule has 1 aromatic rings. The van der Waals surface area contributed by atoms with Gasteiger partial charge < -0.3 is 15.2 Å². The van der Waals surface area contributed by atoms with Crippen LogP contribution in [-0.4, -0.2) is 31.0 Å². The summed E-state index contributed by atoms with van der Waals surface area (Å²) < 4.78 is 5.39. The summed E-state index contributed by atoms with van der Waals surface area (Å²) in [7, 11) is 0. The van der Waals surface area contributed by atoms with Gasteiger partial charge in [0.2, 0.25) is 0 Å². The van der Waals surface area contributed by atoms with Gasteiger partial charge in [-0.05, 0) is 37.5 Å². The number of hydrogen-bond donors (Lipinski definition) is 2. The molecule has 0 fully saturated rings. The van der Waals surface area contributed by atoms with Gasteiger partial charge in [-0.2, -0.15) is 0 Å². The molecule has 0 amide bonds. The molecule has 102 valence electrons. The highest BCUT2D eigenvalue weighted by molar-refractivity contribution is 5.53. The summed E-state index contributed by atoms with van der Waals surface area (Å²) in [6.45, 7) is 7.96. The van der Waals surface area contributed by atoms with E-state index in [2.05, 4.69) is 32.2 Å². The van der Waals surface area contributed by atoms with E-state index >= 15 is 0 Å². The van der Waals surface area contributed by atoms with Crippen molar-refractivity contribution in [3.05, 3.63) is 29.3 Å². The first-order chi connectivity index (χ1) is 8.65. The number of ether oxygens (including phenoxy) is 1. The highest BCUT2D eigenvalue weighted by Gasteiger charge is 2.05. The summed E-state index contributed by atoms with van der Waals surface area (Å²) >= 11 is 0. The molecule has 0 saturated heterocycles. The third kappa shape index (κ3) is 5.07. The predicted molar refractivity (Wildman–Crippen MR) is 76.1 cm³/mol. The zero-order valence-corrected chi connectivity index (χ0v) is 11.7. The van der Waals surface area contributed by atoms with Crippen LogP contribution in [0.25, 0.3) is 0 Å². The molecule has 0 heterocycles. The molecule has 0 bridgehead atoms. The maximum atomic E-state index is 9.78. The van der Waals surface area contributed by atoms with E-state index in [9.17, 15) is 5.11 Å². The van der Waals surface area contributed by atoms with Crippen LogP contribution in [0.4, 0.5) is 5.69 Å². The van der Waals surface area contributed by atoms with Crippen molar-refractivity contribution in [1.82, 2.24) is 0 Å². The minimum atomic E-state index is -0.457. The lowest BCUT2D eigenvalue weighted by Crippen LogP contribution is -2.25. The Morgan fingerprint density at radius 3 is 2.83 bits per heavy atom. The van der Waals surface area contributed by atoms with E-state index in [0.29, 0.717) is 13.2 Å². The van der Waals surface area contributed by atoms with Crippen molar-refractivity contribution in [2.45, 2.75) is 39.7 Å². The number of aliphatic hydroxyl groups excluding tert-OH is 1. The van der Waals surface area contributed by atoms with E-state index in [4.69, 9.17) is 4.74 Å². The zero-order chi connectivity index (χ0) is 13.4. The van der Waals surface area contributed by atoms with Crippen LogP contribution in [0.1, 0.15) is 30.9 Å². The van der Waals surface area contributed by atoms with Gasteiger partial charge in [-0.25, -0.2) is 0 Å². The molecule has 18 heavy (non-hydrogen) atoms. The fourth-order valence-electron chi connectivity index (χ4n) is 1.70. The largest absolute Gasteiger partial charge is 0.389 e. The van der Waals surface area contributed by atoms with Gasteiger partial charge in [0, 0.05) is 18.8 Å². The number of aliphatic hydroxyl groups is 1. The molecule has 0 aromatic heterocycles. The van der Waals surface area contributed by atoms with Gasteiger partial charge in [0.25, 0.3) is 0 Å². The molecule has 3 nitrogen and oxygen atoms in total. The second kappa shape index (κ2) is 8.11. The van der Waals surface area contributed by atoms with Gasteiger partial charge in [-0.3, -0.25) is 0 Å². The van der Waals surface area contributed by atoms with Gasteiger partial charge in [0.1, 0.15) is 0 Å². The summed E-state index contributed by atoms with van der Waals surface area (Å²) in [5.41, 5.74) is 3.58. The van der Waals surface area contributed by atoms with Crippen molar-refractivity contribution in [1.29, 1.82) is 0 Å². The Hall–Kier alpha value is -1.06. The summed E-state index contributed by atoms with van der Waals surface area (Å²) in [5.74, 6) is 0. The molecule has 0 aliphatic heterocycles. The Morgan fingerprint density at radius 1 is 1.33 bits per heavy atom. The quantitative estimate of drug-likeness (QED) is 0.698. The SMILES string of the molecule is CCCCOCC(O)CNc1cccc(C)c1C. The molecule has 1 aromatic carbocycles.